The molecular formula is C19H25N3O6S. The van der Waals surface area contributed by atoms with Gasteiger partial charge in [-0.25, -0.2) is 4.98 Å². The SMILES string of the molecule is CCOc1ccc2nc(NC(=O)C(CNC(CC(C)C)C(=O)O)C(=O)O)sc2c1. The van der Waals surface area contributed by atoms with Crippen LogP contribution >= 0.6 is 11.3 Å². The van der Waals surface area contributed by atoms with Crippen LogP contribution in [0.15, 0.2) is 18.2 Å². The van der Waals surface area contributed by atoms with Gasteiger partial charge in [0.15, 0.2) is 5.13 Å². The molecule has 0 radical (unpaired) electrons. The predicted molar refractivity (Wildman–Crippen MR) is 109 cm³/mol. The molecule has 0 bridgehead atoms. The van der Waals surface area contributed by atoms with Crippen molar-refractivity contribution in [2.24, 2.45) is 11.8 Å². The summed E-state index contributed by atoms with van der Waals surface area (Å²) in [7, 11) is 0. The molecular weight excluding hydrogens is 398 g/mol. The Kier molecular flexibility index (Phi) is 7.91. The van der Waals surface area contributed by atoms with E-state index >= 15 is 0 Å². The van der Waals surface area contributed by atoms with Crippen molar-refractivity contribution in [2.75, 3.05) is 18.5 Å². The van der Waals surface area contributed by atoms with E-state index < -0.39 is 29.8 Å². The fourth-order valence-corrected chi connectivity index (χ4v) is 3.60. The van der Waals surface area contributed by atoms with Gasteiger partial charge in [-0.2, -0.15) is 0 Å². The fraction of sp³-hybridized carbons (Fsp3) is 0.474. The molecule has 0 spiro atoms. The monoisotopic (exact) mass is 423 g/mol. The molecule has 1 aromatic heterocycles. The summed E-state index contributed by atoms with van der Waals surface area (Å²) in [5.74, 6) is -3.86. The van der Waals surface area contributed by atoms with Gasteiger partial charge in [-0.15, -0.1) is 0 Å². The van der Waals surface area contributed by atoms with Crippen molar-refractivity contribution in [3.8, 4) is 5.75 Å². The smallest absolute Gasteiger partial charge is 0.320 e. The average molecular weight is 423 g/mol. The molecule has 9 nitrogen and oxygen atoms in total. The van der Waals surface area contributed by atoms with Crippen molar-refractivity contribution >= 4 is 44.5 Å². The summed E-state index contributed by atoms with van der Waals surface area (Å²) < 4.78 is 6.22. The van der Waals surface area contributed by atoms with E-state index in [0.29, 0.717) is 24.3 Å². The van der Waals surface area contributed by atoms with Crippen molar-refractivity contribution < 1.29 is 29.3 Å². The second-order valence-electron chi connectivity index (χ2n) is 6.89. The molecule has 2 atom stereocenters. The summed E-state index contributed by atoms with van der Waals surface area (Å²) in [5, 5.41) is 24.1. The first-order chi connectivity index (χ1) is 13.7. The third-order valence-electron chi connectivity index (χ3n) is 4.09. The number of carbonyl (C=O) groups is 3. The van der Waals surface area contributed by atoms with Crippen LogP contribution in [-0.4, -0.2) is 52.2 Å². The summed E-state index contributed by atoms with van der Waals surface area (Å²) >= 11 is 1.20. The molecule has 0 fully saturated rings. The number of amides is 1. The van der Waals surface area contributed by atoms with Gasteiger partial charge < -0.3 is 25.6 Å². The van der Waals surface area contributed by atoms with Crippen LogP contribution in [0.4, 0.5) is 5.13 Å². The summed E-state index contributed by atoms with van der Waals surface area (Å²) in [6.45, 7) is 5.82. The Balaban J connectivity index is 2.08. The van der Waals surface area contributed by atoms with Crippen molar-refractivity contribution in [3.05, 3.63) is 18.2 Å². The number of nitrogens with one attached hydrogen (secondary N) is 2. The van der Waals surface area contributed by atoms with E-state index in [2.05, 4.69) is 15.6 Å². The van der Waals surface area contributed by atoms with Crippen LogP contribution in [0.1, 0.15) is 27.2 Å². The molecule has 4 N–H and O–H groups in total. The summed E-state index contributed by atoms with van der Waals surface area (Å²) in [4.78, 5) is 39.6. The van der Waals surface area contributed by atoms with Gasteiger partial charge in [-0.3, -0.25) is 14.4 Å². The van der Waals surface area contributed by atoms with E-state index in [1.54, 1.807) is 18.2 Å². The molecule has 1 heterocycles. The normalized spacial score (nSPS) is 13.2. The number of ether oxygens (including phenoxy) is 1. The number of fused-ring (bicyclic) bond motifs is 1. The number of aliphatic carboxylic acids is 2. The molecule has 0 aliphatic rings. The van der Waals surface area contributed by atoms with E-state index in [4.69, 9.17) is 4.74 Å². The maximum absolute atomic E-state index is 12.5. The minimum absolute atomic E-state index is 0.102. The molecule has 158 valence electrons. The van der Waals surface area contributed by atoms with Gasteiger partial charge in [0.1, 0.15) is 17.7 Å². The predicted octanol–water partition coefficient (Wildman–Crippen LogP) is 2.42. The second kappa shape index (κ2) is 10.2. The maximum atomic E-state index is 12.5. The molecule has 0 aliphatic heterocycles. The van der Waals surface area contributed by atoms with Crippen molar-refractivity contribution in [3.63, 3.8) is 0 Å². The van der Waals surface area contributed by atoms with Crippen LogP contribution in [0.3, 0.4) is 0 Å². The lowest BCUT2D eigenvalue weighted by Gasteiger charge is -2.19. The molecule has 2 rings (SSSR count). The minimum Gasteiger partial charge on any atom is -0.494 e. The lowest BCUT2D eigenvalue weighted by atomic mass is 10.0. The van der Waals surface area contributed by atoms with E-state index in [0.717, 1.165) is 4.70 Å². The fourth-order valence-electron chi connectivity index (χ4n) is 2.70. The molecule has 1 aromatic carbocycles. The van der Waals surface area contributed by atoms with Gasteiger partial charge >= 0.3 is 11.9 Å². The number of carboxylic acid groups (broad SMARTS) is 2. The van der Waals surface area contributed by atoms with Gasteiger partial charge in [-0.05, 0) is 37.5 Å². The number of anilines is 1. The molecule has 0 aliphatic carbocycles. The highest BCUT2D eigenvalue weighted by Crippen LogP contribution is 2.29. The topological polar surface area (TPSA) is 138 Å². The van der Waals surface area contributed by atoms with E-state index in [-0.39, 0.29) is 17.6 Å². The summed E-state index contributed by atoms with van der Waals surface area (Å²) in [5.41, 5.74) is 0.654. The lowest BCUT2D eigenvalue weighted by Crippen LogP contribution is -2.45. The zero-order chi connectivity index (χ0) is 21.6. The van der Waals surface area contributed by atoms with Crippen molar-refractivity contribution in [1.82, 2.24) is 10.3 Å². The number of thiazole rings is 1. The first-order valence-corrected chi connectivity index (χ1v) is 10.1. The number of hydrogen-bond acceptors (Lipinski definition) is 7. The van der Waals surface area contributed by atoms with Crippen LogP contribution in [0.5, 0.6) is 5.75 Å². The second-order valence-corrected chi connectivity index (χ2v) is 7.92. The minimum atomic E-state index is -1.45. The number of aromatic nitrogens is 1. The summed E-state index contributed by atoms with van der Waals surface area (Å²) in [6, 6.07) is 4.39. The van der Waals surface area contributed by atoms with Crippen LogP contribution in [0.25, 0.3) is 10.2 Å². The van der Waals surface area contributed by atoms with E-state index in [1.807, 2.05) is 20.8 Å². The van der Waals surface area contributed by atoms with E-state index in [9.17, 15) is 24.6 Å². The van der Waals surface area contributed by atoms with Crippen molar-refractivity contribution in [1.29, 1.82) is 0 Å². The molecule has 2 unspecified atom stereocenters. The number of hydrogen-bond donors (Lipinski definition) is 4. The Bertz CT molecular complexity index is 882. The molecule has 29 heavy (non-hydrogen) atoms. The first kappa shape index (κ1) is 22.6. The molecule has 0 saturated heterocycles. The Labute approximate surface area is 172 Å². The maximum Gasteiger partial charge on any atom is 0.320 e. The number of carboxylic acids is 2. The Morgan fingerprint density at radius 1 is 1.21 bits per heavy atom. The third-order valence-corrected chi connectivity index (χ3v) is 5.02. The van der Waals surface area contributed by atoms with Crippen LogP contribution < -0.4 is 15.4 Å². The van der Waals surface area contributed by atoms with Crippen LogP contribution in [0, 0.1) is 11.8 Å². The Hall–Kier alpha value is -2.72. The van der Waals surface area contributed by atoms with Gasteiger partial charge in [0.05, 0.1) is 16.8 Å². The number of carbonyl (C=O) groups excluding carboxylic acids is 1. The van der Waals surface area contributed by atoms with Crippen LogP contribution in [-0.2, 0) is 14.4 Å². The van der Waals surface area contributed by atoms with Gasteiger partial charge in [0.2, 0.25) is 5.91 Å². The third kappa shape index (κ3) is 6.40. The Morgan fingerprint density at radius 2 is 1.93 bits per heavy atom. The highest BCUT2D eigenvalue weighted by atomic mass is 32.1. The summed E-state index contributed by atoms with van der Waals surface area (Å²) in [6.07, 6.45) is 0.323. The quantitative estimate of drug-likeness (QED) is 0.404. The van der Waals surface area contributed by atoms with E-state index in [1.165, 1.54) is 11.3 Å². The number of nitrogens with zero attached hydrogens (tertiary/aromatic N) is 1. The first-order valence-electron chi connectivity index (χ1n) is 9.24. The zero-order valence-electron chi connectivity index (χ0n) is 16.5. The van der Waals surface area contributed by atoms with Gasteiger partial charge in [0.25, 0.3) is 0 Å². The highest BCUT2D eigenvalue weighted by molar-refractivity contribution is 7.22. The van der Waals surface area contributed by atoms with Crippen LogP contribution in [0.2, 0.25) is 0 Å². The largest absolute Gasteiger partial charge is 0.494 e. The zero-order valence-corrected chi connectivity index (χ0v) is 17.3. The molecule has 0 saturated carbocycles. The highest BCUT2D eigenvalue weighted by Gasteiger charge is 2.29. The number of benzene rings is 1. The Morgan fingerprint density at radius 3 is 2.52 bits per heavy atom. The van der Waals surface area contributed by atoms with Crippen molar-refractivity contribution in [2.45, 2.75) is 33.2 Å². The molecule has 1 amide bonds. The number of rotatable bonds is 11. The standard InChI is InChI=1S/C19H25N3O6S/c1-4-28-11-5-6-13-15(8-11)29-19(21-13)22-16(23)12(17(24)25)9-20-14(18(26)27)7-10(2)3/h5-6,8,10,12,14,20H,4,7,9H2,1-3H3,(H,24,25)(H,26,27)(H,21,22,23). The average Bonchev–Trinajstić information content (AvgIpc) is 3.01. The molecule has 10 heteroatoms. The molecule has 2 aromatic rings. The van der Waals surface area contributed by atoms with Gasteiger partial charge in [0, 0.05) is 6.54 Å². The lowest BCUT2D eigenvalue weighted by molar-refractivity contribution is -0.146. The van der Waals surface area contributed by atoms with Gasteiger partial charge in [-0.1, -0.05) is 25.2 Å².